The fraction of sp³-hybridized carbons (Fsp3) is 0.455. The maximum absolute atomic E-state index is 4.96. The maximum Gasteiger partial charge on any atom is 0.255 e. The molecule has 0 spiro atoms. The van der Waals surface area contributed by atoms with Crippen LogP contribution in [0.1, 0.15) is 26.2 Å². The third kappa shape index (κ3) is 5.02. The number of hydrogen-bond acceptors (Lipinski definition) is 5. The second-order valence-electron chi connectivity index (χ2n) is 2.91. The summed E-state index contributed by atoms with van der Waals surface area (Å²) in [4.78, 5) is 7.84. The number of aromatic nitrogens is 2. The van der Waals surface area contributed by atoms with Crippen molar-refractivity contribution in [3.63, 3.8) is 0 Å². The van der Waals surface area contributed by atoms with Crippen molar-refractivity contribution in [1.29, 1.82) is 0 Å². The number of rotatable bonds is 4. The van der Waals surface area contributed by atoms with Gasteiger partial charge in [0.1, 0.15) is 12.5 Å². The van der Waals surface area contributed by atoms with Crippen molar-refractivity contribution in [1.82, 2.24) is 9.97 Å². The van der Waals surface area contributed by atoms with Gasteiger partial charge in [-0.3, -0.25) is 0 Å². The van der Waals surface area contributed by atoms with Crippen LogP contribution < -0.4 is 0 Å². The minimum Gasteiger partial charge on any atom is -0.449 e. The predicted octanol–water partition coefficient (Wildman–Crippen LogP) is 3.41. The zero-order valence-corrected chi connectivity index (χ0v) is 10.4. The molecule has 4 nitrogen and oxygen atoms in total. The molecule has 0 fully saturated rings. The minimum atomic E-state index is 0.757. The Hall–Kier alpha value is -1.23. The van der Waals surface area contributed by atoms with Crippen molar-refractivity contribution in [3.05, 3.63) is 30.8 Å². The van der Waals surface area contributed by atoms with Gasteiger partial charge in [0.2, 0.25) is 0 Å². The van der Waals surface area contributed by atoms with Crippen molar-refractivity contribution in [2.75, 3.05) is 5.75 Å². The van der Waals surface area contributed by atoms with Crippen molar-refractivity contribution < 1.29 is 8.83 Å². The van der Waals surface area contributed by atoms with Crippen LogP contribution in [0.4, 0.5) is 0 Å². The number of thioether (sulfide) groups is 1. The van der Waals surface area contributed by atoms with Crippen LogP contribution in [-0.4, -0.2) is 15.7 Å². The number of aryl methyl sites for hydroxylation is 1. The standard InChI is InChI=1S/C6H9NO.C5H7NOS/c1-2-3-6-7-4-5-8-6;1-2-8-5-6-3-4-7-5/h4-5H,2-3H2,1H3;3-4H,2H2,1H3. The van der Waals surface area contributed by atoms with Gasteiger partial charge in [-0.15, -0.1) is 0 Å². The van der Waals surface area contributed by atoms with E-state index in [1.807, 2.05) is 0 Å². The SMILES string of the molecule is CCCc1ncco1.CCSc1ncco1. The van der Waals surface area contributed by atoms with E-state index in [0.717, 1.165) is 29.7 Å². The predicted molar refractivity (Wildman–Crippen MR) is 63.4 cm³/mol. The Morgan fingerprint density at radius 1 is 1.12 bits per heavy atom. The maximum atomic E-state index is 4.96. The number of hydrogen-bond donors (Lipinski definition) is 0. The lowest BCUT2D eigenvalue weighted by Crippen LogP contribution is -1.78. The molecule has 0 saturated carbocycles. The summed E-state index contributed by atoms with van der Waals surface area (Å²) in [6.07, 6.45) is 8.56. The van der Waals surface area contributed by atoms with Gasteiger partial charge in [0.05, 0.1) is 12.4 Å². The molecule has 0 aliphatic carbocycles. The van der Waals surface area contributed by atoms with Crippen LogP contribution in [0.15, 0.2) is 39.0 Å². The molecule has 0 N–H and O–H groups in total. The van der Waals surface area contributed by atoms with Crippen LogP contribution in [0.5, 0.6) is 0 Å². The van der Waals surface area contributed by atoms with Crippen molar-refractivity contribution in [3.8, 4) is 0 Å². The summed E-state index contributed by atoms with van der Waals surface area (Å²) in [5.74, 6) is 1.85. The monoisotopic (exact) mass is 240 g/mol. The smallest absolute Gasteiger partial charge is 0.255 e. The van der Waals surface area contributed by atoms with Crippen LogP contribution >= 0.6 is 11.8 Å². The molecule has 0 unspecified atom stereocenters. The Morgan fingerprint density at radius 2 is 1.88 bits per heavy atom. The van der Waals surface area contributed by atoms with Crippen LogP contribution in [0.25, 0.3) is 0 Å². The average molecular weight is 240 g/mol. The van der Waals surface area contributed by atoms with E-state index in [4.69, 9.17) is 8.83 Å². The van der Waals surface area contributed by atoms with E-state index in [1.165, 1.54) is 0 Å². The lowest BCUT2D eigenvalue weighted by molar-refractivity contribution is 0.454. The van der Waals surface area contributed by atoms with Gasteiger partial charge in [-0.1, -0.05) is 25.6 Å². The molecule has 16 heavy (non-hydrogen) atoms. The van der Waals surface area contributed by atoms with E-state index in [2.05, 4.69) is 23.8 Å². The van der Waals surface area contributed by atoms with E-state index in [1.54, 1.807) is 36.7 Å². The molecule has 5 heteroatoms. The van der Waals surface area contributed by atoms with E-state index in [9.17, 15) is 0 Å². The Balaban J connectivity index is 0.000000160. The summed E-state index contributed by atoms with van der Waals surface area (Å²) in [5, 5.41) is 0.757. The number of nitrogens with zero attached hydrogens (tertiary/aromatic N) is 2. The fourth-order valence-electron chi connectivity index (χ4n) is 0.995. The highest BCUT2D eigenvalue weighted by Gasteiger charge is 1.91. The molecule has 2 rings (SSSR count). The highest BCUT2D eigenvalue weighted by atomic mass is 32.2. The summed E-state index contributed by atoms with van der Waals surface area (Å²) in [6, 6.07) is 0. The zero-order valence-electron chi connectivity index (χ0n) is 9.55. The van der Waals surface area contributed by atoms with E-state index < -0.39 is 0 Å². The molecule has 88 valence electrons. The first-order valence-electron chi connectivity index (χ1n) is 5.27. The second-order valence-corrected chi connectivity index (χ2v) is 4.12. The molecular formula is C11H16N2O2S. The molecule has 0 radical (unpaired) electrons. The van der Waals surface area contributed by atoms with Gasteiger partial charge in [0.25, 0.3) is 5.22 Å². The molecule has 2 aromatic rings. The molecule has 0 aliphatic heterocycles. The topological polar surface area (TPSA) is 52.1 Å². The highest BCUT2D eigenvalue weighted by molar-refractivity contribution is 7.99. The van der Waals surface area contributed by atoms with Crippen LogP contribution in [0, 0.1) is 0 Å². The second kappa shape index (κ2) is 7.98. The molecule has 0 bridgehead atoms. The normalized spacial score (nSPS) is 9.62. The van der Waals surface area contributed by atoms with Crippen LogP contribution in [0.3, 0.4) is 0 Å². The molecule has 0 atom stereocenters. The first-order chi connectivity index (χ1) is 7.86. The molecule has 0 aromatic carbocycles. The van der Waals surface area contributed by atoms with Gasteiger partial charge in [0.15, 0.2) is 5.89 Å². The zero-order chi connectivity index (χ0) is 11.6. The third-order valence-corrected chi connectivity index (χ3v) is 2.36. The lowest BCUT2D eigenvalue weighted by atomic mass is 10.3. The summed E-state index contributed by atoms with van der Waals surface area (Å²) in [6.45, 7) is 4.17. The van der Waals surface area contributed by atoms with Gasteiger partial charge in [-0.05, 0) is 12.2 Å². The molecular weight excluding hydrogens is 224 g/mol. The highest BCUT2D eigenvalue weighted by Crippen LogP contribution is 2.12. The average Bonchev–Trinajstić information content (AvgIpc) is 2.92. The van der Waals surface area contributed by atoms with Crippen LogP contribution in [0.2, 0.25) is 0 Å². The largest absolute Gasteiger partial charge is 0.449 e. The summed E-state index contributed by atoms with van der Waals surface area (Å²) >= 11 is 1.60. The molecule has 0 aliphatic rings. The lowest BCUT2D eigenvalue weighted by Gasteiger charge is -1.84. The fourth-order valence-corrected chi connectivity index (χ4v) is 1.50. The van der Waals surface area contributed by atoms with E-state index in [-0.39, 0.29) is 0 Å². The van der Waals surface area contributed by atoms with Gasteiger partial charge < -0.3 is 8.83 Å². The molecule has 0 saturated heterocycles. The van der Waals surface area contributed by atoms with Crippen molar-refractivity contribution in [2.45, 2.75) is 31.9 Å². The number of oxazole rings is 2. The van der Waals surface area contributed by atoms with Gasteiger partial charge in [-0.2, -0.15) is 0 Å². The first kappa shape index (κ1) is 12.8. The molecule has 2 aromatic heterocycles. The van der Waals surface area contributed by atoms with E-state index >= 15 is 0 Å². The minimum absolute atomic E-state index is 0.757. The van der Waals surface area contributed by atoms with Gasteiger partial charge in [-0.25, -0.2) is 9.97 Å². The van der Waals surface area contributed by atoms with Crippen molar-refractivity contribution in [2.24, 2.45) is 0 Å². The quantitative estimate of drug-likeness (QED) is 0.766. The van der Waals surface area contributed by atoms with Gasteiger partial charge in [0, 0.05) is 6.42 Å². The Labute approximate surface area is 99.5 Å². The van der Waals surface area contributed by atoms with Crippen LogP contribution in [-0.2, 0) is 6.42 Å². The summed E-state index contributed by atoms with van der Waals surface area (Å²) < 4.78 is 9.89. The molecule has 0 amide bonds. The summed E-state index contributed by atoms with van der Waals surface area (Å²) in [7, 11) is 0. The Kier molecular flexibility index (Phi) is 6.41. The Bertz CT molecular complexity index is 310. The molecule has 2 heterocycles. The Morgan fingerprint density at radius 3 is 2.38 bits per heavy atom. The third-order valence-electron chi connectivity index (χ3n) is 1.62. The summed E-state index contributed by atoms with van der Waals surface area (Å²) in [5.41, 5.74) is 0. The van der Waals surface area contributed by atoms with Gasteiger partial charge >= 0.3 is 0 Å². The van der Waals surface area contributed by atoms with E-state index in [0.29, 0.717) is 0 Å². The first-order valence-corrected chi connectivity index (χ1v) is 6.26. The van der Waals surface area contributed by atoms with Crippen molar-refractivity contribution >= 4 is 11.8 Å².